The summed E-state index contributed by atoms with van der Waals surface area (Å²) in [6, 6.07) is 12.4. The second-order valence-electron chi connectivity index (χ2n) is 7.63. The molecule has 172 valence electrons. The van der Waals surface area contributed by atoms with Gasteiger partial charge in [-0.05, 0) is 29.7 Å². The van der Waals surface area contributed by atoms with Crippen molar-refractivity contribution >= 4 is 41.2 Å². The number of nitrogens with zero attached hydrogens (tertiary/aromatic N) is 2. The van der Waals surface area contributed by atoms with E-state index in [1.165, 1.54) is 6.07 Å². The van der Waals surface area contributed by atoms with Crippen molar-refractivity contribution < 1.29 is 19.8 Å². The van der Waals surface area contributed by atoms with Gasteiger partial charge < -0.3 is 14.8 Å². The highest BCUT2D eigenvalue weighted by molar-refractivity contribution is 6.44. The fraction of sp³-hybridized carbons (Fsp3) is 0.240. The Hall–Kier alpha value is -3.09. The highest BCUT2D eigenvalue weighted by Crippen LogP contribution is 2.31. The molecule has 1 aromatic heterocycles. The van der Waals surface area contributed by atoms with E-state index >= 15 is 0 Å². The first-order valence-electron chi connectivity index (χ1n) is 10.5. The summed E-state index contributed by atoms with van der Waals surface area (Å²) in [4.78, 5) is 27.8. The summed E-state index contributed by atoms with van der Waals surface area (Å²) < 4.78 is 1.90. The molecule has 2 aromatic carbocycles. The number of carboxylic acids is 2. The van der Waals surface area contributed by atoms with E-state index in [0.29, 0.717) is 17.7 Å². The Morgan fingerprint density at radius 2 is 1.79 bits per heavy atom. The first-order chi connectivity index (χ1) is 15.8. The van der Waals surface area contributed by atoms with Gasteiger partial charge in [-0.1, -0.05) is 72.9 Å². The fourth-order valence-electron chi connectivity index (χ4n) is 3.49. The van der Waals surface area contributed by atoms with Crippen LogP contribution in [0.4, 0.5) is 0 Å². The van der Waals surface area contributed by atoms with Gasteiger partial charge in [0.1, 0.15) is 5.82 Å². The number of rotatable bonds is 10. The second kappa shape index (κ2) is 11.2. The summed E-state index contributed by atoms with van der Waals surface area (Å²) in [6.45, 7) is 2.36. The molecule has 0 amide bonds. The number of aliphatic carboxylic acids is 1. The Bertz CT molecular complexity index is 1190. The molecule has 0 saturated carbocycles. The number of hydrogen-bond acceptors (Lipinski definition) is 3. The smallest absolute Gasteiger partial charge is 0.337 e. The van der Waals surface area contributed by atoms with Crippen molar-refractivity contribution in [1.29, 1.82) is 0 Å². The lowest BCUT2D eigenvalue weighted by Gasteiger charge is -2.14. The molecule has 0 aliphatic heterocycles. The van der Waals surface area contributed by atoms with Crippen LogP contribution in [0.15, 0.2) is 54.2 Å². The van der Waals surface area contributed by atoms with E-state index in [1.807, 2.05) is 34.9 Å². The second-order valence-corrected chi connectivity index (χ2v) is 8.39. The number of aryl methyl sites for hydroxylation is 1. The molecule has 0 radical (unpaired) electrons. The van der Waals surface area contributed by atoms with Gasteiger partial charge in [-0.3, -0.25) is 0 Å². The van der Waals surface area contributed by atoms with E-state index in [-0.39, 0.29) is 34.1 Å². The number of imidazole rings is 1. The monoisotopic (exact) mass is 486 g/mol. The molecule has 0 spiro atoms. The van der Waals surface area contributed by atoms with Crippen molar-refractivity contribution in [3.8, 4) is 0 Å². The molecular formula is C25H24Cl2N2O4. The summed E-state index contributed by atoms with van der Waals surface area (Å²) >= 11 is 12.6. The molecule has 0 aliphatic carbocycles. The molecule has 0 atom stereocenters. The van der Waals surface area contributed by atoms with E-state index in [4.69, 9.17) is 23.2 Å². The summed E-state index contributed by atoms with van der Waals surface area (Å²) in [5, 5.41) is 19.2. The molecule has 0 fully saturated rings. The lowest BCUT2D eigenvalue weighted by atomic mass is 10.0. The van der Waals surface area contributed by atoms with Gasteiger partial charge in [-0.15, -0.1) is 0 Å². The van der Waals surface area contributed by atoms with Gasteiger partial charge in [0, 0.05) is 18.4 Å². The molecule has 2 N–H and O–H groups in total. The van der Waals surface area contributed by atoms with Gasteiger partial charge in [0.2, 0.25) is 0 Å². The minimum Gasteiger partial charge on any atom is -0.478 e. The Balaban J connectivity index is 2.03. The lowest BCUT2D eigenvalue weighted by molar-refractivity contribution is -0.132. The Kier molecular flexibility index (Phi) is 8.31. The van der Waals surface area contributed by atoms with Crippen LogP contribution in [-0.4, -0.2) is 31.7 Å². The van der Waals surface area contributed by atoms with Crippen LogP contribution in [0.2, 0.25) is 10.0 Å². The number of halogens is 2. The molecule has 3 aromatic rings. The van der Waals surface area contributed by atoms with Gasteiger partial charge in [0.05, 0.1) is 34.0 Å². The van der Waals surface area contributed by atoms with Crippen LogP contribution in [0.5, 0.6) is 0 Å². The zero-order valence-electron chi connectivity index (χ0n) is 18.1. The molecule has 6 nitrogen and oxygen atoms in total. The van der Waals surface area contributed by atoms with Gasteiger partial charge in [-0.25, -0.2) is 14.6 Å². The van der Waals surface area contributed by atoms with E-state index in [9.17, 15) is 19.8 Å². The first-order valence-corrected chi connectivity index (χ1v) is 11.3. The molecule has 33 heavy (non-hydrogen) atoms. The van der Waals surface area contributed by atoms with Gasteiger partial charge in [0.25, 0.3) is 0 Å². The Morgan fingerprint density at radius 3 is 2.42 bits per heavy atom. The summed E-state index contributed by atoms with van der Waals surface area (Å²) in [6.07, 6.45) is 6.16. The first kappa shape index (κ1) is 24.6. The maximum absolute atomic E-state index is 12.0. The predicted molar refractivity (Wildman–Crippen MR) is 129 cm³/mol. The summed E-state index contributed by atoms with van der Waals surface area (Å²) in [5.74, 6) is -1.37. The number of benzene rings is 2. The number of carboxylic acid groups (broad SMARTS) is 2. The molecule has 1 heterocycles. The highest BCUT2D eigenvalue weighted by Gasteiger charge is 2.18. The van der Waals surface area contributed by atoms with Crippen LogP contribution in [0.1, 0.15) is 52.8 Å². The zero-order chi connectivity index (χ0) is 24.0. The summed E-state index contributed by atoms with van der Waals surface area (Å²) in [7, 11) is 0. The number of aromatic nitrogens is 2. The van der Waals surface area contributed by atoms with Crippen molar-refractivity contribution in [2.75, 3.05) is 0 Å². The van der Waals surface area contributed by atoms with E-state index < -0.39 is 11.9 Å². The van der Waals surface area contributed by atoms with E-state index in [2.05, 4.69) is 11.9 Å². The van der Waals surface area contributed by atoms with Crippen LogP contribution in [0.3, 0.4) is 0 Å². The number of hydrogen-bond donors (Lipinski definition) is 2. The number of aromatic carboxylic acids is 1. The molecule has 0 aliphatic rings. The number of carbonyl (C=O) groups is 2. The van der Waals surface area contributed by atoms with Crippen molar-refractivity contribution in [3.63, 3.8) is 0 Å². The van der Waals surface area contributed by atoms with Crippen molar-refractivity contribution in [1.82, 2.24) is 9.55 Å². The number of unbranched alkanes of at least 4 members (excludes halogenated alkanes) is 1. The normalized spacial score (nSPS) is 11.5. The molecule has 0 saturated heterocycles. The minimum atomic E-state index is -1.16. The molecule has 3 rings (SSSR count). The SMILES string of the molecule is CCCCc1ncc(C=C(Cc2ccccc2)C(=O)O)n1Cc1ccc(C(=O)O)c(Cl)c1Cl. The molecule has 0 unspecified atom stereocenters. The fourth-order valence-corrected chi connectivity index (χ4v) is 3.98. The van der Waals surface area contributed by atoms with Crippen molar-refractivity contribution in [3.05, 3.63) is 92.5 Å². The van der Waals surface area contributed by atoms with E-state index in [0.717, 1.165) is 24.2 Å². The average Bonchev–Trinajstić information content (AvgIpc) is 3.16. The average molecular weight is 487 g/mol. The largest absolute Gasteiger partial charge is 0.478 e. The van der Waals surface area contributed by atoms with Crippen LogP contribution < -0.4 is 0 Å². The van der Waals surface area contributed by atoms with E-state index in [1.54, 1.807) is 18.3 Å². The third-order valence-electron chi connectivity index (χ3n) is 5.28. The maximum Gasteiger partial charge on any atom is 0.337 e. The van der Waals surface area contributed by atoms with Crippen LogP contribution in [0, 0.1) is 0 Å². The standard InChI is InChI=1S/C25H24Cl2N2O4/c1-2-3-9-21-28-14-19(13-18(24(30)31)12-16-7-5-4-6-8-16)29(21)15-17-10-11-20(25(32)33)23(27)22(17)26/h4-8,10-11,13-14H,2-3,9,12,15H2,1H3,(H,30,31)(H,32,33). The van der Waals surface area contributed by atoms with Crippen LogP contribution >= 0.6 is 23.2 Å². The van der Waals surface area contributed by atoms with Crippen molar-refractivity contribution in [2.45, 2.75) is 39.2 Å². The van der Waals surface area contributed by atoms with Crippen molar-refractivity contribution in [2.24, 2.45) is 0 Å². The highest BCUT2D eigenvalue weighted by atomic mass is 35.5. The Morgan fingerprint density at radius 1 is 1.06 bits per heavy atom. The Labute approximate surface area is 202 Å². The van der Waals surface area contributed by atoms with Crippen LogP contribution in [0.25, 0.3) is 6.08 Å². The topological polar surface area (TPSA) is 92.4 Å². The van der Waals surface area contributed by atoms with Crippen LogP contribution in [-0.2, 0) is 24.2 Å². The predicted octanol–water partition coefficient (Wildman–Crippen LogP) is 5.99. The lowest BCUT2D eigenvalue weighted by Crippen LogP contribution is -2.10. The molecular weight excluding hydrogens is 463 g/mol. The third kappa shape index (κ3) is 6.03. The maximum atomic E-state index is 12.0. The summed E-state index contributed by atoms with van der Waals surface area (Å²) in [5.41, 5.74) is 2.30. The molecule has 8 heteroatoms. The van der Waals surface area contributed by atoms with Gasteiger partial charge in [0.15, 0.2) is 0 Å². The minimum absolute atomic E-state index is 0.0238. The molecule has 0 bridgehead atoms. The third-order valence-corrected chi connectivity index (χ3v) is 6.20. The quantitative estimate of drug-likeness (QED) is 0.343. The zero-order valence-corrected chi connectivity index (χ0v) is 19.6. The van der Waals surface area contributed by atoms with Gasteiger partial charge >= 0.3 is 11.9 Å². The van der Waals surface area contributed by atoms with Gasteiger partial charge in [-0.2, -0.15) is 0 Å².